The Hall–Kier alpha value is -3.52. The van der Waals surface area contributed by atoms with Crippen LogP contribution in [0.5, 0.6) is 11.5 Å². The molecule has 3 rings (SSSR count). The average molecular weight is 441 g/mol. The smallest absolute Gasteiger partial charge is 0.261 e. The van der Waals surface area contributed by atoms with Crippen LogP contribution in [0.4, 0.5) is 5.69 Å². The zero-order valence-corrected chi connectivity index (χ0v) is 18.1. The first kappa shape index (κ1) is 22.2. The molecule has 2 N–H and O–H groups in total. The summed E-state index contributed by atoms with van der Waals surface area (Å²) >= 11 is 0. The van der Waals surface area contributed by atoms with Crippen LogP contribution in [0.1, 0.15) is 15.9 Å². The molecule has 0 saturated heterocycles. The van der Waals surface area contributed by atoms with Crippen LogP contribution in [0.15, 0.2) is 77.7 Å². The molecular formula is C23H24N2O5S. The number of amides is 1. The fourth-order valence-corrected chi connectivity index (χ4v) is 3.98. The first-order chi connectivity index (χ1) is 14.9. The molecule has 0 heterocycles. The van der Waals surface area contributed by atoms with Crippen molar-refractivity contribution in [3.63, 3.8) is 0 Å². The summed E-state index contributed by atoms with van der Waals surface area (Å²) in [5, 5.41) is 2.77. The molecule has 0 atom stereocenters. The highest BCUT2D eigenvalue weighted by atomic mass is 32.2. The molecular weight excluding hydrogens is 416 g/mol. The Bertz CT molecular complexity index is 1150. The lowest BCUT2D eigenvalue weighted by Gasteiger charge is -2.13. The molecule has 0 aromatic heterocycles. The fraction of sp³-hybridized carbons (Fsp3) is 0.174. The molecule has 0 unspecified atom stereocenters. The number of benzene rings is 3. The number of aryl methyl sites for hydroxylation is 1. The van der Waals surface area contributed by atoms with Crippen LogP contribution in [0, 0.1) is 6.92 Å². The van der Waals surface area contributed by atoms with E-state index in [1.165, 1.54) is 18.2 Å². The second-order valence-corrected chi connectivity index (χ2v) is 8.39. The molecule has 0 bridgehead atoms. The largest absolute Gasteiger partial charge is 0.493 e. The Morgan fingerprint density at radius 1 is 0.935 bits per heavy atom. The van der Waals surface area contributed by atoms with Gasteiger partial charge in [0.15, 0.2) is 11.5 Å². The Morgan fingerprint density at radius 3 is 2.32 bits per heavy atom. The van der Waals surface area contributed by atoms with Crippen molar-refractivity contribution in [3.8, 4) is 11.5 Å². The van der Waals surface area contributed by atoms with Crippen LogP contribution >= 0.6 is 0 Å². The van der Waals surface area contributed by atoms with Crippen LogP contribution in [0.25, 0.3) is 0 Å². The number of carbonyl (C=O) groups is 1. The van der Waals surface area contributed by atoms with Crippen molar-refractivity contribution >= 4 is 21.6 Å². The van der Waals surface area contributed by atoms with Crippen molar-refractivity contribution in [1.82, 2.24) is 5.32 Å². The molecule has 0 aliphatic heterocycles. The maximum atomic E-state index is 12.6. The van der Waals surface area contributed by atoms with Crippen LogP contribution in [-0.4, -0.2) is 34.6 Å². The minimum atomic E-state index is -3.75. The molecule has 8 heteroatoms. The lowest BCUT2D eigenvalue weighted by molar-refractivity contribution is 0.0947. The third-order valence-electron chi connectivity index (χ3n) is 4.51. The van der Waals surface area contributed by atoms with E-state index in [2.05, 4.69) is 10.0 Å². The molecule has 3 aromatic carbocycles. The molecule has 31 heavy (non-hydrogen) atoms. The molecule has 0 spiro atoms. The van der Waals surface area contributed by atoms with Crippen molar-refractivity contribution in [2.45, 2.75) is 11.8 Å². The molecule has 0 fully saturated rings. The zero-order valence-electron chi connectivity index (χ0n) is 17.3. The second kappa shape index (κ2) is 9.99. The standard InChI is InChI=1S/C23H24N2O5S/c1-17-12-13-18(16-20(17)25-31(27,28)19-8-4-3-5-9-19)23(26)24-14-15-30-22-11-7-6-10-21(22)29-2/h3-13,16,25H,14-15H2,1-2H3,(H,24,26). The summed E-state index contributed by atoms with van der Waals surface area (Å²) < 4.78 is 38.6. The van der Waals surface area contributed by atoms with Gasteiger partial charge in [-0.3, -0.25) is 9.52 Å². The Labute approximate surface area is 182 Å². The van der Waals surface area contributed by atoms with E-state index in [1.54, 1.807) is 56.5 Å². The first-order valence-electron chi connectivity index (χ1n) is 9.63. The van der Waals surface area contributed by atoms with Crippen LogP contribution in [0.3, 0.4) is 0 Å². The van der Waals surface area contributed by atoms with Crippen molar-refractivity contribution < 1.29 is 22.7 Å². The van der Waals surface area contributed by atoms with Gasteiger partial charge >= 0.3 is 0 Å². The number of anilines is 1. The van der Waals surface area contributed by atoms with E-state index in [4.69, 9.17) is 9.47 Å². The molecule has 7 nitrogen and oxygen atoms in total. The number of ether oxygens (including phenoxy) is 2. The Morgan fingerprint density at radius 2 is 1.61 bits per heavy atom. The summed E-state index contributed by atoms with van der Waals surface area (Å²) in [5.41, 5.74) is 1.39. The summed E-state index contributed by atoms with van der Waals surface area (Å²) in [6.45, 7) is 2.30. The Kier molecular flexibility index (Phi) is 7.15. The highest BCUT2D eigenvalue weighted by Gasteiger charge is 2.16. The van der Waals surface area contributed by atoms with E-state index < -0.39 is 10.0 Å². The van der Waals surface area contributed by atoms with Gasteiger partial charge in [-0.2, -0.15) is 0 Å². The van der Waals surface area contributed by atoms with Gasteiger partial charge in [-0.05, 0) is 48.9 Å². The van der Waals surface area contributed by atoms with Crippen LogP contribution < -0.4 is 19.5 Å². The molecule has 0 saturated carbocycles. The third kappa shape index (κ3) is 5.76. The van der Waals surface area contributed by atoms with Gasteiger partial charge in [0, 0.05) is 5.56 Å². The minimum Gasteiger partial charge on any atom is -0.493 e. The van der Waals surface area contributed by atoms with E-state index in [1.807, 2.05) is 12.1 Å². The van der Waals surface area contributed by atoms with E-state index in [9.17, 15) is 13.2 Å². The maximum absolute atomic E-state index is 12.6. The number of nitrogens with one attached hydrogen (secondary N) is 2. The van der Waals surface area contributed by atoms with Gasteiger partial charge in [-0.15, -0.1) is 0 Å². The molecule has 162 valence electrons. The fourth-order valence-electron chi connectivity index (χ4n) is 2.84. The van der Waals surface area contributed by atoms with Gasteiger partial charge in [-0.1, -0.05) is 36.4 Å². The first-order valence-corrected chi connectivity index (χ1v) is 11.1. The van der Waals surface area contributed by atoms with Gasteiger partial charge in [0.2, 0.25) is 0 Å². The minimum absolute atomic E-state index is 0.151. The quantitative estimate of drug-likeness (QED) is 0.496. The number of carbonyl (C=O) groups excluding carboxylic acids is 1. The number of methoxy groups -OCH3 is 1. The zero-order chi connectivity index (χ0) is 22.3. The molecule has 0 aliphatic rings. The summed E-state index contributed by atoms with van der Waals surface area (Å²) in [5.74, 6) is 0.874. The van der Waals surface area contributed by atoms with E-state index in [-0.39, 0.29) is 24.0 Å². The monoisotopic (exact) mass is 440 g/mol. The van der Waals surface area contributed by atoms with Crippen molar-refractivity contribution in [3.05, 3.63) is 83.9 Å². The molecule has 3 aromatic rings. The lowest BCUT2D eigenvalue weighted by Crippen LogP contribution is -2.28. The molecule has 0 aliphatic carbocycles. The molecule has 1 amide bonds. The number of rotatable bonds is 9. The van der Waals surface area contributed by atoms with E-state index in [0.717, 1.165) is 0 Å². The van der Waals surface area contributed by atoms with Crippen LogP contribution in [-0.2, 0) is 10.0 Å². The topological polar surface area (TPSA) is 93.7 Å². The molecule has 0 radical (unpaired) electrons. The lowest BCUT2D eigenvalue weighted by atomic mass is 10.1. The van der Waals surface area contributed by atoms with Crippen LogP contribution in [0.2, 0.25) is 0 Å². The maximum Gasteiger partial charge on any atom is 0.261 e. The van der Waals surface area contributed by atoms with Gasteiger partial charge in [0.05, 0.1) is 24.2 Å². The number of sulfonamides is 1. The highest BCUT2D eigenvalue weighted by molar-refractivity contribution is 7.92. The normalized spacial score (nSPS) is 10.9. The summed E-state index contributed by atoms with van der Waals surface area (Å²) in [4.78, 5) is 12.7. The van der Waals surface area contributed by atoms with Gasteiger partial charge in [0.1, 0.15) is 6.61 Å². The average Bonchev–Trinajstić information content (AvgIpc) is 2.78. The SMILES string of the molecule is COc1ccccc1OCCNC(=O)c1ccc(C)c(NS(=O)(=O)c2ccccc2)c1. The summed E-state index contributed by atoms with van der Waals surface area (Å²) in [7, 11) is -2.19. The number of para-hydroxylation sites is 2. The van der Waals surface area contributed by atoms with Gasteiger partial charge in [0.25, 0.3) is 15.9 Å². The third-order valence-corrected chi connectivity index (χ3v) is 5.89. The predicted octanol–water partition coefficient (Wildman–Crippen LogP) is 3.61. The number of hydrogen-bond acceptors (Lipinski definition) is 5. The van der Waals surface area contributed by atoms with Gasteiger partial charge in [-0.25, -0.2) is 8.42 Å². The number of hydrogen-bond donors (Lipinski definition) is 2. The van der Waals surface area contributed by atoms with E-state index in [0.29, 0.717) is 28.3 Å². The second-order valence-electron chi connectivity index (χ2n) is 6.70. The van der Waals surface area contributed by atoms with E-state index >= 15 is 0 Å². The van der Waals surface area contributed by atoms with Crippen molar-refractivity contribution in [1.29, 1.82) is 0 Å². The van der Waals surface area contributed by atoms with Crippen molar-refractivity contribution in [2.75, 3.05) is 25.0 Å². The predicted molar refractivity (Wildman–Crippen MR) is 119 cm³/mol. The summed E-state index contributed by atoms with van der Waals surface area (Å²) in [6.07, 6.45) is 0. The van der Waals surface area contributed by atoms with Crippen molar-refractivity contribution in [2.24, 2.45) is 0 Å². The summed E-state index contributed by atoms with van der Waals surface area (Å²) in [6, 6.07) is 20.2. The van der Waals surface area contributed by atoms with Gasteiger partial charge < -0.3 is 14.8 Å². The highest BCUT2D eigenvalue weighted by Crippen LogP contribution is 2.25. The Balaban J connectivity index is 1.62.